The largest absolute Gasteiger partial charge is 0.478 e. The Morgan fingerprint density at radius 2 is 1.79 bits per heavy atom. The Kier molecular flexibility index (Phi) is 5.69. The molecule has 12 heteroatoms. The number of nitrogens with zero attached hydrogens (tertiary/aromatic N) is 3. The quantitative estimate of drug-likeness (QED) is 0.512. The lowest BCUT2D eigenvalue weighted by Crippen LogP contribution is -2.14. The van der Waals surface area contributed by atoms with E-state index >= 15 is 0 Å². The van der Waals surface area contributed by atoms with Crippen LogP contribution < -0.4 is 15.9 Å². The summed E-state index contributed by atoms with van der Waals surface area (Å²) >= 11 is 0. The molecule has 8 nitrogen and oxygen atoms in total. The maximum atomic E-state index is 13.3. The fraction of sp³-hybridized carbons (Fsp3) is 0.0588. The van der Waals surface area contributed by atoms with Gasteiger partial charge in [-0.25, -0.2) is 14.8 Å². The molecule has 0 bridgehead atoms. The number of carboxylic acid groups (broad SMARTS) is 1. The highest BCUT2D eigenvalue weighted by atomic mass is 31.1. The van der Waals surface area contributed by atoms with Crippen LogP contribution >= 0.6 is 8.46 Å². The summed E-state index contributed by atoms with van der Waals surface area (Å²) in [5.41, 5.74) is -0.988. The van der Waals surface area contributed by atoms with Gasteiger partial charge in [0.05, 0.1) is 16.6 Å². The van der Waals surface area contributed by atoms with Crippen LogP contribution in [0, 0.1) is 0 Å². The Morgan fingerprint density at radius 1 is 1.03 bits per heavy atom. The highest BCUT2D eigenvalue weighted by Crippen LogP contribution is 2.35. The zero-order chi connectivity index (χ0) is 21.0. The number of hydrogen-bond donors (Lipinski definition) is 3. The number of alkyl halides is 3. The van der Waals surface area contributed by atoms with Crippen LogP contribution in [-0.4, -0.2) is 26.0 Å². The maximum absolute atomic E-state index is 13.3. The van der Waals surface area contributed by atoms with Gasteiger partial charge < -0.3 is 15.7 Å². The summed E-state index contributed by atoms with van der Waals surface area (Å²) in [6.07, 6.45) is -3.05. The molecule has 29 heavy (non-hydrogen) atoms. The van der Waals surface area contributed by atoms with Crippen molar-refractivity contribution >= 4 is 43.0 Å². The molecule has 0 fully saturated rings. The molecule has 2 heterocycles. The molecule has 0 amide bonds. The zero-order valence-corrected chi connectivity index (χ0v) is 15.2. The summed E-state index contributed by atoms with van der Waals surface area (Å²) in [7, 11) is -0.374. The standard InChI is InChI=1S/C17H11F3N5O3P/c18-17(19,20)10-8-22-16(24-13-6-5-9(7-21-13)15(26)27)25-14(10)23-11-3-1-2-4-12(11)29-28/h1-8H,(H,26,27)(H2,21,22,23,24,25). The Morgan fingerprint density at radius 3 is 2.41 bits per heavy atom. The van der Waals surface area contributed by atoms with Crippen molar-refractivity contribution in [3.8, 4) is 0 Å². The van der Waals surface area contributed by atoms with Crippen molar-refractivity contribution < 1.29 is 27.6 Å². The third-order valence-corrected chi connectivity index (χ3v) is 4.19. The van der Waals surface area contributed by atoms with E-state index in [1.807, 2.05) is 0 Å². The molecular formula is C17H11F3N5O3P. The molecule has 148 valence electrons. The average molecular weight is 421 g/mol. The SMILES string of the molecule is O=Pc1ccccc1Nc1nc(Nc2ccc(C(=O)O)cn2)ncc1C(F)(F)F. The highest BCUT2D eigenvalue weighted by Gasteiger charge is 2.35. The summed E-state index contributed by atoms with van der Waals surface area (Å²) in [6, 6.07) is 8.70. The number of aromatic nitrogens is 3. The van der Waals surface area contributed by atoms with Crippen molar-refractivity contribution in [2.45, 2.75) is 6.18 Å². The third-order valence-electron chi connectivity index (χ3n) is 3.60. The normalized spacial score (nSPS) is 11.3. The van der Waals surface area contributed by atoms with Crippen molar-refractivity contribution in [1.29, 1.82) is 0 Å². The van der Waals surface area contributed by atoms with Crippen molar-refractivity contribution in [3.63, 3.8) is 0 Å². The third kappa shape index (κ3) is 4.82. The van der Waals surface area contributed by atoms with Crippen molar-refractivity contribution in [2.24, 2.45) is 0 Å². The van der Waals surface area contributed by atoms with Gasteiger partial charge in [-0.15, -0.1) is 0 Å². The van der Waals surface area contributed by atoms with Crippen LogP contribution in [0.4, 0.5) is 36.4 Å². The number of anilines is 4. The van der Waals surface area contributed by atoms with Crippen molar-refractivity contribution in [2.75, 3.05) is 10.6 Å². The lowest BCUT2D eigenvalue weighted by Gasteiger charge is -2.15. The first-order chi connectivity index (χ1) is 13.8. The van der Waals surface area contributed by atoms with E-state index in [0.717, 1.165) is 6.20 Å². The molecule has 0 spiro atoms. The first-order valence-electron chi connectivity index (χ1n) is 7.88. The van der Waals surface area contributed by atoms with Crippen LogP contribution in [0.2, 0.25) is 0 Å². The number of benzene rings is 1. The van der Waals surface area contributed by atoms with Crippen LogP contribution in [0.15, 0.2) is 48.8 Å². The number of hydrogen-bond acceptors (Lipinski definition) is 7. The number of halogens is 3. The molecule has 1 aromatic carbocycles. The Bertz CT molecular complexity index is 1060. The molecule has 0 aliphatic carbocycles. The number of carboxylic acids is 1. The molecular weight excluding hydrogens is 410 g/mol. The van der Waals surface area contributed by atoms with Gasteiger partial charge in [-0.2, -0.15) is 18.2 Å². The van der Waals surface area contributed by atoms with E-state index in [1.54, 1.807) is 12.1 Å². The Labute approximate surface area is 163 Å². The molecule has 0 radical (unpaired) electrons. The van der Waals surface area contributed by atoms with Gasteiger partial charge in [0.2, 0.25) is 5.95 Å². The fourth-order valence-corrected chi connectivity index (χ4v) is 2.62. The summed E-state index contributed by atoms with van der Waals surface area (Å²) in [5, 5.41) is 14.3. The van der Waals surface area contributed by atoms with E-state index in [0.29, 0.717) is 6.20 Å². The van der Waals surface area contributed by atoms with E-state index < -0.39 is 23.5 Å². The van der Waals surface area contributed by atoms with E-state index in [1.165, 1.54) is 24.3 Å². The number of aromatic carboxylic acids is 1. The predicted molar refractivity (Wildman–Crippen MR) is 98.5 cm³/mol. The van der Waals surface area contributed by atoms with Crippen LogP contribution in [0.3, 0.4) is 0 Å². The van der Waals surface area contributed by atoms with Gasteiger partial charge in [-0.05, 0) is 24.3 Å². The van der Waals surface area contributed by atoms with Gasteiger partial charge in [-0.1, -0.05) is 12.1 Å². The van der Waals surface area contributed by atoms with E-state index in [-0.39, 0.29) is 36.8 Å². The minimum Gasteiger partial charge on any atom is -0.478 e. The van der Waals surface area contributed by atoms with Gasteiger partial charge in [-0.3, -0.25) is 4.57 Å². The van der Waals surface area contributed by atoms with Gasteiger partial charge in [0.15, 0.2) is 8.46 Å². The highest BCUT2D eigenvalue weighted by molar-refractivity contribution is 7.34. The lowest BCUT2D eigenvalue weighted by molar-refractivity contribution is -0.137. The molecule has 2 aromatic heterocycles. The number of pyridine rings is 1. The van der Waals surface area contributed by atoms with E-state index in [9.17, 15) is 22.5 Å². The molecule has 0 aliphatic rings. The number of nitrogens with one attached hydrogen (secondary N) is 2. The van der Waals surface area contributed by atoms with Gasteiger partial charge in [0.1, 0.15) is 17.2 Å². The lowest BCUT2D eigenvalue weighted by atomic mass is 10.2. The van der Waals surface area contributed by atoms with Gasteiger partial charge in [0, 0.05) is 12.4 Å². The first kappa shape index (κ1) is 20.2. The zero-order valence-electron chi connectivity index (χ0n) is 14.3. The summed E-state index contributed by atoms with van der Waals surface area (Å²) in [4.78, 5) is 22.2. The minimum absolute atomic E-state index is 0.0559. The summed E-state index contributed by atoms with van der Waals surface area (Å²) < 4.78 is 51.2. The van der Waals surface area contributed by atoms with Gasteiger partial charge in [0.25, 0.3) is 0 Å². The van der Waals surface area contributed by atoms with Crippen molar-refractivity contribution in [1.82, 2.24) is 15.0 Å². The number of carbonyl (C=O) groups is 1. The molecule has 3 rings (SSSR count). The number of rotatable bonds is 6. The predicted octanol–water partition coefficient (Wildman–Crippen LogP) is 3.99. The number of para-hydroxylation sites is 1. The average Bonchev–Trinajstić information content (AvgIpc) is 2.68. The second-order valence-corrected chi connectivity index (χ2v) is 6.21. The summed E-state index contributed by atoms with van der Waals surface area (Å²) in [5.74, 6) is -1.78. The van der Waals surface area contributed by atoms with E-state index in [2.05, 4.69) is 25.6 Å². The Balaban J connectivity index is 1.95. The topological polar surface area (TPSA) is 117 Å². The molecule has 0 aliphatic heterocycles. The minimum atomic E-state index is -4.73. The van der Waals surface area contributed by atoms with Crippen molar-refractivity contribution in [3.05, 3.63) is 59.9 Å². The molecule has 0 saturated carbocycles. The molecule has 0 saturated heterocycles. The summed E-state index contributed by atoms with van der Waals surface area (Å²) in [6.45, 7) is 0. The molecule has 3 aromatic rings. The van der Waals surface area contributed by atoms with Crippen LogP contribution in [0.25, 0.3) is 0 Å². The second kappa shape index (κ2) is 8.19. The monoisotopic (exact) mass is 421 g/mol. The van der Waals surface area contributed by atoms with Crippen LogP contribution in [0.1, 0.15) is 15.9 Å². The maximum Gasteiger partial charge on any atom is 0.421 e. The molecule has 0 unspecified atom stereocenters. The van der Waals surface area contributed by atoms with Crippen LogP contribution in [0.5, 0.6) is 0 Å². The first-order valence-corrected chi connectivity index (χ1v) is 8.69. The molecule has 0 atom stereocenters. The smallest absolute Gasteiger partial charge is 0.421 e. The fourth-order valence-electron chi connectivity index (χ4n) is 2.24. The van der Waals surface area contributed by atoms with Crippen LogP contribution in [-0.2, 0) is 10.7 Å². The second-order valence-electron chi connectivity index (χ2n) is 5.55. The molecule has 3 N–H and O–H groups in total. The van der Waals surface area contributed by atoms with E-state index in [4.69, 9.17) is 5.11 Å². The van der Waals surface area contributed by atoms with Gasteiger partial charge >= 0.3 is 12.1 Å². The Hall–Kier alpha value is -3.59.